The van der Waals surface area contributed by atoms with Crippen molar-refractivity contribution in [1.82, 2.24) is 20.1 Å². The number of nitrogens with zero attached hydrogens (tertiary/aromatic N) is 4. The lowest BCUT2D eigenvalue weighted by Gasteiger charge is -1.89. The van der Waals surface area contributed by atoms with E-state index in [1.807, 2.05) is 0 Å². The Balaban J connectivity index is 2.11. The van der Waals surface area contributed by atoms with Crippen LogP contribution in [-0.2, 0) is 4.79 Å². The summed E-state index contributed by atoms with van der Waals surface area (Å²) >= 11 is 0.956. The highest BCUT2D eigenvalue weighted by Gasteiger charge is 2.11. The van der Waals surface area contributed by atoms with Crippen LogP contribution in [0.2, 0.25) is 0 Å². The van der Waals surface area contributed by atoms with Gasteiger partial charge in [0.2, 0.25) is 5.82 Å². The third-order valence-electron chi connectivity index (χ3n) is 1.52. The Labute approximate surface area is 93.9 Å². The van der Waals surface area contributed by atoms with Crippen molar-refractivity contribution in [3.63, 3.8) is 0 Å². The molecule has 2 rings (SSSR count). The summed E-state index contributed by atoms with van der Waals surface area (Å²) < 4.78 is 4.84. The smallest absolute Gasteiger partial charge is 0.314 e. The zero-order valence-corrected chi connectivity index (χ0v) is 8.72. The summed E-state index contributed by atoms with van der Waals surface area (Å²) in [6.07, 6.45) is 4.54. The van der Waals surface area contributed by atoms with Gasteiger partial charge >= 0.3 is 5.97 Å². The molecule has 0 aromatic carbocycles. The standard InChI is InChI=1S/C8H6N4O3S/c13-6(14)4-16-8-11-7(12-15-8)5-3-9-1-2-10-5/h1-3H,4H2,(H,13,14). The summed E-state index contributed by atoms with van der Waals surface area (Å²) in [5, 5.41) is 12.3. The number of hydrogen-bond acceptors (Lipinski definition) is 7. The molecule has 0 spiro atoms. The van der Waals surface area contributed by atoms with Crippen LogP contribution in [0.25, 0.3) is 11.5 Å². The first-order chi connectivity index (χ1) is 7.75. The minimum Gasteiger partial charge on any atom is -0.481 e. The van der Waals surface area contributed by atoms with E-state index in [1.54, 1.807) is 0 Å². The first-order valence-corrected chi connectivity index (χ1v) is 5.19. The van der Waals surface area contributed by atoms with Crippen LogP contribution in [0.1, 0.15) is 0 Å². The maximum atomic E-state index is 10.3. The number of aliphatic carboxylic acids is 1. The molecular formula is C8H6N4O3S. The fraction of sp³-hybridized carbons (Fsp3) is 0.125. The van der Waals surface area contributed by atoms with Gasteiger partial charge in [-0.15, -0.1) is 0 Å². The van der Waals surface area contributed by atoms with Crippen LogP contribution in [0.15, 0.2) is 28.3 Å². The van der Waals surface area contributed by atoms with Crippen LogP contribution in [-0.4, -0.2) is 36.9 Å². The molecule has 0 atom stereocenters. The Hall–Kier alpha value is -1.96. The van der Waals surface area contributed by atoms with Gasteiger partial charge in [0, 0.05) is 12.4 Å². The minimum absolute atomic E-state index is 0.123. The number of rotatable bonds is 4. The van der Waals surface area contributed by atoms with E-state index in [1.165, 1.54) is 18.6 Å². The van der Waals surface area contributed by atoms with Gasteiger partial charge in [-0.05, 0) is 0 Å². The second-order valence-electron chi connectivity index (χ2n) is 2.66. The predicted octanol–water partition coefficient (Wildman–Crippen LogP) is 0.703. The quantitative estimate of drug-likeness (QED) is 0.776. The highest BCUT2D eigenvalue weighted by Crippen LogP contribution is 2.18. The van der Waals surface area contributed by atoms with E-state index in [2.05, 4.69) is 20.1 Å². The molecule has 0 radical (unpaired) electrons. The van der Waals surface area contributed by atoms with Crippen molar-refractivity contribution >= 4 is 17.7 Å². The first kappa shape index (κ1) is 10.6. The maximum Gasteiger partial charge on any atom is 0.314 e. The number of thioether (sulfide) groups is 1. The summed E-state index contributed by atoms with van der Waals surface area (Å²) in [6, 6.07) is 0. The van der Waals surface area contributed by atoms with Crippen LogP contribution in [0.5, 0.6) is 0 Å². The molecule has 0 amide bonds. The molecule has 1 N–H and O–H groups in total. The largest absolute Gasteiger partial charge is 0.481 e. The van der Waals surface area contributed by atoms with Crippen molar-refractivity contribution in [2.24, 2.45) is 0 Å². The van der Waals surface area contributed by atoms with Gasteiger partial charge in [0.1, 0.15) is 11.4 Å². The molecule has 0 saturated carbocycles. The molecule has 2 aromatic heterocycles. The monoisotopic (exact) mass is 238 g/mol. The third kappa shape index (κ3) is 2.54. The van der Waals surface area contributed by atoms with Gasteiger partial charge in [0.15, 0.2) is 0 Å². The lowest BCUT2D eigenvalue weighted by atomic mass is 10.4. The number of carboxylic acid groups (broad SMARTS) is 1. The predicted molar refractivity (Wildman–Crippen MR) is 53.7 cm³/mol. The molecule has 2 aromatic rings. The van der Waals surface area contributed by atoms with Gasteiger partial charge in [-0.25, -0.2) is 4.98 Å². The molecule has 7 nitrogen and oxygen atoms in total. The molecule has 2 heterocycles. The van der Waals surface area contributed by atoms with E-state index in [-0.39, 0.29) is 11.0 Å². The molecule has 0 aliphatic rings. The lowest BCUT2D eigenvalue weighted by molar-refractivity contribution is -0.133. The van der Waals surface area contributed by atoms with Crippen LogP contribution < -0.4 is 0 Å². The average molecular weight is 238 g/mol. The molecule has 0 saturated heterocycles. The second kappa shape index (κ2) is 4.71. The molecule has 82 valence electrons. The van der Waals surface area contributed by atoms with Gasteiger partial charge in [0.05, 0.1) is 6.20 Å². The molecule has 0 bridgehead atoms. The molecule has 0 fully saturated rings. The highest BCUT2D eigenvalue weighted by atomic mass is 32.2. The van der Waals surface area contributed by atoms with Gasteiger partial charge in [-0.3, -0.25) is 9.78 Å². The van der Waals surface area contributed by atoms with Crippen molar-refractivity contribution in [3.05, 3.63) is 18.6 Å². The highest BCUT2D eigenvalue weighted by molar-refractivity contribution is 7.99. The molecule has 0 unspecified atom stereocenters. The summed E-state index contributed by atoms with van der Waals surface area (Å²) in [5.41, 5.74) is 0.480. The average Bonchev–Trinajstić information content (AvgIpc) is 2.76. The molecule has 16 heavy (non-hydrogen) atoms. The minimum atomic E-state index is -0.941. The van der Waals surface area contributed by atoms with Crippen molar-refractivity contribution in [2.45, 2.75) is 5.22 Å². The molecular weight excluding hydrogens is 232 g/mol. The van der Waals surface area contributed by atoms with Gasteiger partial charge in [-0.1, -0.05) is 16.9 Å². The fourth-order valence-electron chi connectivity index (χ4n) is 0.910. The topological polar surface area (TPSA) is 102 Å². The van der Waals surface area contributed by atoms with Crippen molar-refractivity contribution in [2.75, 3.05) is 5.75 Å². The van der Waals surface area contributed by atoms with Gasteiger partial charge in [0.25, 0.3) is 5.22 Å². The SMILES string of the molecule is O=C(O)CSc1nc(-c2cnccn2)no1. The zero-order valence-electron chi connectivity index (χ0n) is 7.90. The van der Waals surface area contributed by atoms with E-state index in [9.17, 15) is 4.79 Å². The molecule has 8 heteroatoms. The van der Waals surface area contributed by atoms with E-state index >= 15 is 0 Å². The zero-order chi connectivity index (χ0) is 11.4. The Morgan fingerprint density at radius 3 is 3.06 bits per heavy atom. The van der Waals surface area contributed by atoms with Gasteiger partial charge in [-0.2, -0.15) is 4.98 Å². The van der Waals surface area contributed by atoms with Gasteiger partial charge < -0.3 is 9.63 Å². The van der Waals surface area contributed by atoms with Crippen LogP contribution in [0.4, 0.5) is 0 Å². The van der Waals surface area contributed by atoms with Crippen molar-refractivity contribution in [1.29, 1.82) is 0 Å². The fourth-order valence-corrected chi connectivity index (χ4v) is 1.40. The van der Waals surface area contributed by atoms with Crippen molar-refractivity contribution in [3.8, 4) is 11.5 Å². The van der Waals surface area contributed by atoms with E-state index in [0.717, 1.165) is 11.8 Å². The summed E-state index contributed by atoms with van der Waals surface area (Å²) in [6.45, 7) is 0. The summed E-state index contributed by atoms with van der Waals surface area (Å²) in [4.78, 5) is 22.1. The summed E-state index contributed by atoms with van der Waals surface area (Å²) in [5.74, 6) is -0.771. The van der Waals surface area contributed by atoms with E-state index < -0.39 is 5.97 Å². The Morgan fingerprint density at radius 1 is 1.50 bits per heavy atom. The van der Waals surface area contributed by atoms with E-state index in [0.29, 0.717) is 11.5 Å². The number of aromatic nitrogens is 4. The number of carboxylic acids is 1. The number of carbonyl (C=O) groups is 1. The lowest BCUT2D eigenvalue weighted by Crippen LogP contribution is -1.97. The Kier molecular flexibility index (Phi) is 3.10. The van der Waals surface area contributed by atoms with Crippen LogP contribution in [0.3, 0.4) is 0 Å². The maximum absolute atomic E-state index is 10.3. The van der Waals surface area contributed by atoms with Crippen LogP contribution >= 0.6 is 11.8 Å². The number of hydrogen-bond donors (Lipinski definition) is 1. The third-order valence-corrected chi connectivity index (χ3v) is 2.32. The van der Waals surface area contributed by atoms with Crippen LogP contribution in [0, 0.1) is 0 Å². The second-order valence-corrected chi connectivity index (χ2v) is 3.58. The van der Waals surface area contributed by atoms with E-state index in [4.69, 9.17) is 9.63 Å². The Morgan fingerprint density at radius 2 is 2.38 bits per heavy atom. The summed E-state index contributed by atoms with van der Waals surface area (Å²) in [7, 11) is 0. The van der Waals surface area contributed by atoms with Crippen molar-refractivity contribution < 1.29 is 14.4 Å². The first-order valence-electron chi connectivity index (χ1n) is 4.20. The Bertz CT molecular complexity index is 487. The normalized spacial score (nSPS) is 10.2. The molecule has 0 aliphatic heterocycles. The molecule has 0 aliphatic carbocycles.